The van der Waals surface area contributed by atoms with Crippen LogP contribution in [0.3, 0.4) is 0 Å². The van der Waals surface area contributed by atoms with Gasteiger partial charge in [-0.3, -0.25) is 4.79 Å². The highest BCUT2D eigenvalue weighted by Crippen LogP contribution is 2.24. The zero-order valence-corrected chi connectivity index (χ0v) is 10.6. The summed E-state index contributed by atoms with van der Waals surface area (Å²) in [6, 6.07) is 5.16. The van der Waals surface area contributed by atoms with Crippen molar-refractivity contribution in [2.75, 3.05) is 0 Å². The van der Waals surface area contributed by atoms with Crippen LogP contribution in [0.4, 0.5) is 0 Å². The second-order valence-electron chi connectivity index (χ2n) is 3.76. The summed E-state index contributed by atoms with van der Waals surface area (Å²) in [5, 5.41) is 10.1. The van der Waals surface area contributed by atoms with Crippen LogP contribution in [0.1, 0.15) is 25.3 Å². The zero-order valence-electron chi connectivity index (χ0n) is 9.04. The lowest BCUT2D eigenvalue weighted by Gasteiger charge is -2.12. The molecule has 0 heterocycles. The summed E-state index contributed by atoms with van der Waals surface area (Å²) in [4.78, 5) is 11.0. The Balaban J connectivity index is 2.81. The highest BCUT2D eigenvalue weighted by Gasteiger charge is 2.18. The lowest BCUT2D eigenvalue weighted by atomic mass is 9.95. The van der Waals surface area contributed by atoms with Crippen LogP contribution in [0.25, 0.3) is 0 Å². The molecule has 4 heteroatoms. The first-order valence-corrected chi connectivity index (χ1v) is 5.97. The molecule has 0 spiro atoms. The van der Waals surface area contributed by atoms with Crippen LogP contribution in [-0.4, -0.2) is 11.1 Å². The molecule has 0 fully saturated rings. The molecule has 1 atom stereocenters. The van der Waals surface area contributed by atoms with E-state index < -0.39 is 5.97 Å². The summed E-state index contributed by atoms with van der Waals surface area (Å²) in [6.45, 7) is 1.97. The predicted molar refractivity (Wildman–Crippen MR) is 66.2 cm³/mol. The van der Waals surface area contributed by atoms with E-state index in [0.29, 0.717) is 22.9 Å². The van der Waals surface area contributed by atoms with Gasteiger partial charge >= 0.3 is 5.97 Å². The van der Waals surface area contributed by atoms with Gasteiger partial charge in [-0.1, -0.05) is 42.6 Å². The predicted octanol–water partition coefficient (Wildman–Crippen LogP) is 4.04. The van der Waals surface area contributed by atoms with E-state index in [2.05, 4.69) is 0 Å². The lowest BCUT2D eigenvalue weighted by molar-refractivity contribution is -0.141. The van der Waals surface area contributed by atoms with Gasteiger partial charge in [-0.25, -0.2) is 0 Å². The number of carboxylic acids is 1. The van der Waals surface area contributed by atoms with Gasteiger partial charge in [0, 0.05) is 10.0 Å². The van der Waals surface area contributed by atoms with Crippen LogP contribution in [-0.2, 0) is 11.2 Å². The van der Waals surface area contributed by atoms with Crippen molar-refractivity contribution in [3.8, 4) is 0 Å². The minimum Gasteiger partial charge on any atom is -0.481 e. The van der Waals surface area contributed by atoms with Gasteiger partial charge in [-0.15, -0.1) is 0 Å². The second kappa shape index (κ2) is 6.12. The maximum absolute atomic E-state index is 11.0. The topological polar surface area (TPSA) is 37.3 Å². The highest BCUT2D eigenvalue weighted by molar-refractivity contribution is 6.35. The average Bonchev–Trinajstić information content (AvgIpc) is 2.20. The van der Waals surface area contributed by atoms with Gasteiger partial charge in [0.15, 0.2) is 0 Å². The Bertz CT molecular complexity index is 377. The van der Waals surface area contributed by atoms with Crippen LogP contribution >= 0.6 is 23.2 Å². The summed E-state index contributed by atoms with van der Waals surface area (Å²) >= 11 is 11.8. The molecule has 88 valence electrons. The van der Waals surface area contributed by atoms with Crippen molar-refractivity contribution in [2.24, 2.45) is 5.92 Å². The van der Waals surface area contributed by atoms with Gasteiger partial charge in [0.05, 0.1) is 5.92 Å². The Morgan fingerprint density at radius 2 is 2.12 bits per heavy atom. The number of halogens is 2. The maximum atomic E-state index is 11.0. The van der Waals surface area contributed by atoms with E-state index in [1.54, 1.807) is 18.2 Å². The van der Waals surface area contributed by atoms with Crippen molar-refractivity contribution < 1.29 is 9.90 Å². The van der Waals surface area contributed by atoms with Gasteiger partial charge in [-0.2, -0.15) is 0 Å². The number of benzene rings is 1. The quantitative estimate of drug-likeness (QED) is 0.868. The summed E-state index contributed by atoms with van der Waals surface area (Å²) in [6.07, 6.45) is 1.97. The largest absolute Gasteiger partial charge is 0.481 e. The number of hydrogen-bond donors (Lipinski definition) is 1. The molecule has 0 saturated carbocycles. The van der Waals surface area contributed by atoms with E-state index in [1.807, 2.05) is 6.92 Å². The van der Waals surface area contributed by atoms with Crippen molar-refractivity contribution in [2.45, 2.75) is 26.2 Å². The Kier molecular flexibility index (Phi) is 5.10. The molecule has 0 bridgehead atoms. The molecule has 1 rings (SSSR count). The molecule has 0 aliphatic rings. The fraction of sp³-hybridized carbons (Fsp3) is 0.417. The molecule has 1 aromatic carbocycles. The average molecular weight is 261 g/mol. The van der Waals surface area contributed by atoms with Gasteiger partial charge in [0.2, 0.25) is 0 Å². The molecule has 0 aromatic heterocycles. The molecule has 0 aliphatic heterocycles. The fourth-order valence-corrected chi connectivity index (χ4v) is 2.10. The van der Waals surface area contributed by atoms with Crippen molar-refractivity contribution >= 4 is 29.2 Å². The van der Waals surface area contributed by atoms with Crippen molar-refractivity contribution in [3.63, 3.8) is 0 Å². The van der Waals surface area contributed by atoms with Gasteiger partial charge in [0.25, 0.3) is 0 Å². The van der Waals surface area contributed by atoms with E-state index in [9.17, 15) is 4.79 Å². The Hall–Kier alpha value is -0.730. The lowest BCUT2D eigenvalue weighted by Crippen LogP contribution is -2.16. The molecule has 0 saturated heterocycles. The summed E-state index contributed by atoms with van der Waals surface area (Å²) in [7, 11) is 0. The van der Waals surface area contributed by atoms with E-state index in [-0.39, 0.29) is 5.92 Å². The number of carbonyl (C=O) groups is 1. The molecule has 2 nitrogen and oxygen atoms in total. The standard InChI is InChI=1S/C12H14Cl2O2/c1-2-3-9(12(15)16)6-8-4-5-10(13)7-11(8)14/h4-5,7,9H,2-3,6H2,1H3,(H,15,16). The van der Waals surface area contributed by atoms with Gasteiger partial charge in [-0.05, 0) is 30.5 Å². The van der Waals surface area contributed by atoms with E-state index in [0.717, 1.165) is 12.0 Å². The fourth-order valence-electron chi connectivity index (χ4n) is 1.61. The molecule has 1 aromatic rings. The number of hydrogen-bond acceptors (Lipinski definition) is 1. The summed E-state index contributed by atoms with van der Waals surface area (Å²) in [5.74, 6) is -1.14. The van der Waals surface area contributed by atoms with Crippen molar-refractivity contribution in [1.29, 1.82) is 0 Å². The minimum absolute atomic E-state index is 0.372. The molecule has 0 amide bonds. The molecule has 1 unspecified atom stereocenters. The highest BCUT2D eigenvalue weighted by atomic mass is 35.5. The van der Waals surface area contributed by atoms with Crippen molar-refractivity contribution in [1.82, 2.24) is 0 Å². The zero-order chi connectivity index (χ0) is 12.1. The normalized spacial score (nSPS) is 12.4. The summed E-state index contributed by atoms with van der Waals surface area (Å²) in [5.41, 5.74) is 0.840. The Morgan fingerprint density at radius 1 is 1.44 bits per heavy atom. The van der Waals surface area contributed by atoms with Crippen LogP contribution < -0.4 is 0 Å². The van der Waals surface area contributed by atoms with Crippen molar-refractivity contribution in [3.05, 3.63) is 33.8 Å². The third-order valence-electron chi connectivity index (χ3n) is 2.47. The minimum atomic E-state index is -0.770. The molecule has 0 radical (unpaired) electrons. The molecular weight excluding hydrogens is 247 g/mol. The molecule has 0 aliphatic carbocycles. The SMILES string of the molecule is CCCC(Cc1ccc(Cl)cc1Cl)C(=O)O. The number of rotatable bonds is 5. The monoisotopic (exact) mass is 260 g/mol. The smallest absolute Gasteiger partial charge is 0.306 e. The molecule has 16 heavy (non-hydrogen) atoms. The third kappa shape index (κ3) is 3.69. The van der Waals surface area contributed by atoms with E-state index in [4.69, 9.17) is 28.3 Å². The van der Waals surface area contributed by atoms with Crippen LogP contribution in [0.15, 0.2) is 18.2 Å². The second-order valence-corrected chi connectivity index (χ2v) is 4.61. The molecular formula is C12H14Cl2O2. The van der Waals surface area contributed by atoms with Gasteiger partial charge < -0.3 is 5.11 Å². The maximum Gasteiger partial charge on any atom is 0.306 e. The first kappa shape index (κ1) is 13.3. The Labute approximate surface area is 105 Å². The van der Waals surface area contributed by atoms with Crippen LogP contribution in [0.5, 0.6) is 0 Å². The summed E-state index contributed by atoms with van der Waals surface area (Å²) < 4.78 is 0. The van der Waals surface area contributed by atoms with Gasteiger partial charge in [0.1, 0.15) is 0 Å². The van der Waals surface area contributed by atoms with Crippen LogP contribution in [0.2, 0.25) is 10.0 Å². The van der Waals surface area contributed by atoms with E-state index >= 15 is 0 Å². The Morgan fingerprint density at radius 3 is 2.62 bits per heavy atom. The first-order chi connectivity index (χ1) is 7.54. The first-order valence-electron chi connectivity index (χ1n) is 5.21. The van der Waals surface area contributed by atoms with Crippen LogP contribution in [0, 0.1) is 5.92 Å². The van der Waals surface area contributed by atoms with E-state index in [1.165, 1.54) is 0 Å². The number of carboxylic acid groups (broad SMARTS) is 1. The molecule has 1 N–H and O–H groups in total. The third-order valence-corrected chi connectivity index (χ3v) is 3.05. The number of aliphatic carboxylic acids is 1.